The van der Waals surface area contributed by atoms with Crippen LogP contribution in [0.1, 0.15) is 36.7 Å². The number of aryl methyl sites for hydroxylation is 1. The predicted molar refractivity (Wildman–Crippen MR) is 80.4 cm³/mol. The summed E-state index contributed by atoms with van der Waals surface area (Å²) in [7, 11) is 0. The van der Waals surface area contributed by atoms with Crippen molar-refractivity contribution in [2.24, 2.45) is 0 Å². The number of nitrogens with one attached hydrogen (secondary N) is 1. The maximum atomic E-state index is 14.1. The van der Waals surface area contributed by atoms with Gasteiger partial charge in [-0.25, -0.2) is 4.39 Å². The van der Waals surface area contributed by atoms with Gasteiger partial charge in [-0.1, -0.05) is 0 Å². The summed E-state index contributed by atoms with van der Waals surface area (Å²) in [5.41, 5.74) is 6.18. The lowest BCUT2D eigenvalue weighted by molar-refractivity contribution is -0.122. The van der Waals surface area contributed by atoms with Crippen LogP contribution in [0.25, 0.3) is 0 Å². The molecule has 0 heterocycles. The summed E-state index contributed by atoms with van der Waals surface area (Å²) in [4.78, 5) is 25.4. The molecule has 0 aliphatic rings. The first kappa shape index (κ1) is 16.9. The third-order valence-corrected chi connectivity index (χ3v) is 2.96. The highest BCUT2D eigenvalue weighted by Gasteiger charge is 2.22. The molecule has 0 spiro atoms. The number of benzene rings is 1. The van der Waals surface area contributed by atoms with E-state index in [0.717, 1.165) is 0 Å². The van der Waals surface area contributed by atoms with Crippen molar-refractivity contribution in [2.75, 3.05) is 18.8 Å². The highest BCUT2D eigenvalue weighted by Crippen LogP contribution is 2.18. The highest BCUT2D eigenvalue weighted by molar-refractivity contribution is 5.97. The number of hydrogen-bond acceptors (Lipinski definition) is 3. The fourth-order valence-electron chi connectivity index (χ4n) is 1.99. The Kier molecular flexibility index (Phi) is 5.69. The molecule has 0 aliphatic heterocycles. The standard InChI is InChI=1S/C15H22FN3O2/c1-5-19(8-13(20)18-9(2)3)15(21)12-7-11(17)6-10(4)14(12)16/h6-7,9H,5,8,17H2,1-4H3,(H,18,20). The monoisotopic (exact) mass is 295 g/mol. The summed E-state index contributed by atoms with van der Waals surface area (Å²) in [5, 5.41) is 2.70. The van der Waals surface area contributed by atoms with Crippen molar-refractivity contribution in [2.45, 2.75) is 33.7 Å². The lowest BCUT2D eigenvalue weighted by atomic mass is 10.1. The summed E-state index contributed by atoms with van der Waals surface area (Å²) < 4.78 is 14.1. The number of likely N-dealkylation sites (N-methyl/N-ethyl adjacent to an activating group) is 1. The molecule has 0 radical (unpaired) electrons. The first-order valence-electron chi connectivity index (χ1n) is 6.90. The van der Waals surface area contributed by atoms with Gasteiger partial charge in [-0.05, 0) is 45.4 Å². The molecule has 116 valence electrons. The minimum Gasteiger partial charge on any atom is -0.399 e. The number of carbonyl (C=O) groups excluding carboxylic acids is 2. The highest BCUT2D eigenvalue weighted by atomic mass is 19.1. The lowest BCUT2D eigenvalue weighted by Gasteiger charge is -2.22. The molecule has 0 aliphatic carbocycles. The second kappa shape index (κ2) is 7.06. The number of anilines is 1. The van der Waals surface area contributed by atoms with E-state index >= 15 is 0 Å². The van der Waals surface area contributed by atoms with Crippen LogP contribution in [0.4, 0.5) is 10.1 Å². The third kappa shape index (κ3) is 4.44. The van der Waals surface area contributed by atoms with E-state index in [-0.39, 0.29) is 24.1 Å². The van der Waals surface area contributed by atoms with Crippen molar-refractivity contribution in [3.05, 3.63) is 29.1 Å². The quantitative estimate of drug-likeness (QED) is 0.812. The third-order valence-electron chi connectivity index (χ3n) is 2.96. The summed E-state index contributed by atoms with van der Waals surface area (Å²) in [6, 6.07) is 2.75. The van der Waals surface area contributed by atoms with Crippen molar-refractivity contribution in [1.82, 2.24) is 10.2 Å². The van der Waals surface area contributed by atoms with Crippen molar-refractivity contribution in [3.8, 4) is 0 Å². The fraction of sp³-hybridized carbons (Fsp3) is 0.467. The van der Waals surface area contributed by atoms with E-state index in [2.05, 4.69) is 5.32 Å². The Morgan fingerprint density at radius 3 is 2.52 bits per heavy atom. The van der Waals surface area contributed by atoms with Gasteiger partial charge in [0.25, 0.3) is 5.91 Å². The van der Waals surface area contributed by atoms with Crippen LogP contribution in [0, 0.1) is 12.7 Å². The Labute approximate surface area is 124 Å². The molecule has 1 rings (SSSR count). The van der Waals surface area contributed by atoms with Crippen LogP contribution in [-0.2, 0) is 4.79 Å². The van der Waals surface area contributed by atoms with Gasteiger partial charge in [-0.2, -0.15) is 0 Å². The van der Waals surface area contributed by atoms with Crippen LogP contribution in [0.15, 0.2) is 12.1 Å². The Balaban J connectivity index is 2.96. The van der Waals surface area contributed by atoms with E-state index in [1.54, 1.807) is 13.8 Å². The van der Waals surface area contributed by atoms with Crippen molar-refractivity contribution in [3.63, 3.8) is 0 Å². The number of carbonyl (C=O) groups is 2. The van der Waals surface area contributed by atoms with Gasteiger partial charge in [0.2, 0.25) is 5.91 Å². The zero-order valence-corrected chi connectivity index (χ0v) is 12.9. The molecule has 3 N–H and O–H groups in total. The van der Waals surface area contributed by atoms with Crippen LogP contribution >= 0.6 is 0 Å². The number of hydrogen-bond donors (Lipinski definition) is 2. The Morgan fingerprint density at radius 2 is 2.00 bits per heavy atom. The van der Waals surface area contributed by atoms with Crippen LogP contribution < -0.4 is 11.1 Å². The smallest absolute Gasteiger partial charge is 0.257 e. The van der Waals surface area contributed by atoms with Crippen LogP contribution in [0.3, 0.4) is 0 Å². The molecule has 0 saturated carbocycles. The molecular formula is C15H22FN3O2. The minimum atomic E-state index is -0.600. The molecule has 1 aromatic rings. The predicted octanol–water partition coefficient (Wildman–Crippen LogP) is 1.70. The average Bonchev–Trinajstić information content (AvgIpc) is 2.38. The number of nitrogens with zero attached hydrogens (tertiary/aromatic N) is 1. The Hall–Kier alpha value is -2.11. The first-order valence-corrected chi connectivity index (χ1v) is 6.90. The molecule has 0 saturated heterocycles. The second-order valence-corrected chi connectivity index (χ2v) is 5.24. The van der Waals surface area contributed by atoms with E-state index in [0.29, 0.717) is 17.8 Å². The molecule has 6 heteroatoms. The number of rotatable bonds is 5. The van der Waals surface area contributed by atoms with Crippen molar-refractivity contribution >= 4 is 17.5 Å². The van der Waals surface area contributed by atoms with Gasteiger partial charge in [0, 0.05) is 18.3 Å². The molecule has 0 bridgehead atoms. The average molecular weight is 295 g/mol. The van der Waals surface area contributed by atoms with E-state index in [1.165, 1.54) is 17.0 Å². The SMILES string of the molecule is CCN(CC(=O)NC(C)C)C(=O)c1cc(N)cc(C)c1F. The molecule has 0 atom stereocenters. The van der Waals surface area contributed by atoms with Gasteiger partial charge in [0.15, 0.2) is 0 Å². The Bertz CT molecular complexity index is 544. The Morgan fingerprint density at radius 1 is 1.38 bits per heavy atom. The first-order chi connectivity index (χ1) is 9.76. The fourth-order valence-corrected chi connectivity index (χ4v) is 1.99. The molecule has 2 amide bonds. The molecule has 0 fully saturated rings. The van der Waals surface area contributed by atoms with E-state index in [4.69, 9.17) is 5.73 Å². The van der Waals surface area contributed by atoms with Gasteiger partial charge in [0.05, 0.1) is 12.1 Å². The number of nitrogens with two attached hydrogens (primary N) is 1. The summed E-state index contributed by atoms with van der Waals surface area (Å²) in [6.07, 6.45) is 0. The maximum Gasteiger partial charge on any atom is 0.257 e. The summed E-state index contributed by atoms with van der Waals surface area (Å²) in [5.74, 6) is -1.41. The van der Waals surface area contributed by atoms with E-state index in [9.17, 15) is 14.0 Å². The van der Waals surface area contributed by atoms with Crippen LogP contribution in [0.2, 0.25) is 0 Å². The topological polar surface area (TPSA) is 75.4 Å². The number of amides is 2. The largest absolute Gasteiger partial charge is 0.399 e. The van der Waals surface area contributed by atoms with Gasteiger partial charge >= 0.3 is 0 Å². The lowest BCUT2D eigenvalue weighted by Crippen LogP contribution is -2.42. The minimum absolute atomic E-state index is 0.0161. The van der Waals surface area contributed by atoms with Crippen LogP contribution in [0.5, 0.6) is 0 Å². The van der Waals surface area contributed by atoms with Gasteiger partial charge in [0.1, 0.15) is 5.82 Å². The summed E-state index contributed by atoms with van der Waals surface area (Å²) >= 11 is 0. The normalized spacial score (nSPS) is 10.6. The van der Waals surface area contributed by atoms with E-state index < -0.39 is 11.7 Å². The summed E-state index contributed by atoms with van der Waals surface area (Å²) in [6.45, 7) is 7.13. The van der Waals surface area contributed by atoms with Crippen LogP contribution in [-0.4, -0.2) is 35.8 Å². The van der Waals surface area contributed by atoms with E-state index in [1.807, 2.05) is 13.8 Å². The van der Waals surface area contributed by atoms with Gasteiger partial charge in [-0.15, -0.1) is 0 Å². The molecular weight excluding hydrogens is 273 g/mol. The molecule has 0 aromatic heterocycles. The molecule has 1 aromatic carbocycles. The maximum absolute atomic E-state index is 14.1. The van der Waals surface area contributed by atoms with Gasteiger partial charge in [-0.3, -0.25) is 9.59 Å². The van der Waals surface area contributed by atoms with Gasteiger partial charge < -0.3 is 16.0 Å². The molecule has 21 heavy (non-hydrogen) atoms. The van der Waals surface area contributed by atoms with Crippen molar-refractivity contribution < 1.29 is 14.0 Å². The molecule has 0 unspecified atom stereocenters. The van der Waals surface area contributed by atoms with Crippen molar-refractivity contribution in [1.29, 1.82) is 0 Å². The molecule has 5 nitrogen and oxygen atoms in total. The number of nitrogen functional groups attached to an aromatic ring is 1. The zero-order chi connectivity index (χ0) is 16.2. The zero-order valence-electron chi connectivity index (χ0n) is 12.9. The second-order valence-electron chi connectivity index (χ2n) is 5.24. The number of halogens is 1.